The lowest BCUT2D eigenvalue weighted by Gasteiger charge is -2.16. The average molecular weight is 328 g/mol. The molecule has 0 aliphatic heterocycles. The highest BCUT2D eigenvalue weighted by atomic mass is 19.2. The van der Waals surface area contributed by atoms with E-state index in [9.17, 15) is 13.6 Å². The number of anilines is 2. The van der Waals surface area contributed by atoms with Crippen LogP contribution >= 0.6 is 0 Å². The van der Waals surface area contributed by atoms with E-state index in [2.05, 4.69) is 10.3 Å². The number of nitrogens with zero attached hydrogens (tertiary/aromatic N) is 1. The van der Waals surface area contributed by atoms with Gasteiger partial charge in [0.15, 0.2) is 11.6 Å². The van der Waals surface area contributed by atoms with E-state index in [1.54, 1.807) is 19.1 Å². The Kier molecular flexibility index (Phi) is 4.12. The van der Waals surface area contributed by atoms with Gasteiger partial charge in [-0.3, -0.25) is 9.78 Å². The summed E-state index contributed by atoms with van der Waals surface area (Å²) in [5.41, 5.74) is 2.63. The maximum absolute atomic E-state index is 13.5. The summed E-state index contributed by atoms with van der Waals surface area (Å²) >= 11 is 0. The fourth-order valence-electron chi connectivity index (χ4n) is 2.60. The quantitative estimate of drug-likeness (QED) is 0.754. The lowest BCUT2D eigenvalue weighted by atomic mass is 10.0. The molecule has 3 aromatic rings. The number of para-hydroxylation sites is 1. The van der Waals surface area contributed by atoms with Crippen molar-refractivity contribution >= 4 is 28.2 Å². The number of hydrogen-bond acceptors (Lipinski definition) is 3. The summed E-state index contributed by atoms with van der Waals surface area (Å²) in [5, 5.41) is 12.9. The number of nitrogens with one attached hydrogen (secondary N) is 1. The average Bonchev–Trinajstić information content (AvgIpc) is 2.54. The van der Waals surface area contributed by atoms with Crippen LogP contribution in [0.3, 0.4) is 0 Å². The molecule has 0 saturated carbocycles. The monoisotopic (exact) mass is 328 g/mol. The molecular formula is C18H14F2N2O2. The highest BCUT2D eigenvalue weighted by Crippen LogP contribution is 2.32. The lowest BCUT2D eigenvalue weighted by molar-refractivity contribution is -0.136. The van der Waals surface area contributed by atoms with Crippen LogP contribution in [0.5, 0.6) is 0 Å². The molecule has 6 heteroatoms. The number of carboxylic acid groups (broad SMARTS) is 1. The molecule has 2 N–H and O–H groups in total. The van der Waals surface area contributed by atoms with E-state index in [1.807, 2.05) is 12.1 Å². The largest absolute Gasteiger partial charge is 0.481 e. The molecule has 1 heterocycles. The molecule has 0 aliphatic rings. The Bertz CT molecular complexity index is 942. The van der Waals surface area contributed by atoms with Crippen molar-refractivity contribution in [3.63, 3.8) is 0 Å². The van der Waals surface area contributed by atoms with Crippen molar-refractivity contribution in [2.75, 3.05) is 5.32 Å². The van der Waals surface area contributed by atoms with Crippen molar-refractivity contribution in [2.45, 2.75) is 13.3 Å². The second kappa shape index (κ2) is 6.23. The summed E-state index contributed by atoms with van der Waals surface area (Å²) in [5.74, 6) is -2.92. The van der Waals surface area contributed by atoms with Crippen LogP contribution < -0.4 is 5.32 Å². The summed E-state index contributed by atoms with van der Waals surface area (Å²) in [6.07, 6.45) is -0.227. The normalized spacial score (nSPS) is 10.8. The Hall–Kier alpha value is -3.02. The van der Waals surface area contributed by atoms with Crippen LogP contribution in [-0.4, -0.2) is 16.1 Å². The summed E-state index contributed by atoms with van der Waals surface area (Å²) in [7, 11) is 0. The first kappa shape index (κ1) is 15.9. The van der Waals surface area contributed by atoms with E-state index >= 15 is 0 Å². The Morgan fingerprint density at radius 1 is 1.17 bits per heavy atom. The number of aromatic nitrogens is 1. The molecule has 0 amide bonds. The first-order valence-electron chi connectivity index (χ1n) is 7.28. The first-order valence-corrected chi connectivity index (χ1v) is 7.28. The number of hydrogen-bond donors (Lipinski definition) is 2. The third kappa shape index (κ3) is 3.03. The minimum absolute atomic E-state index is 0.227. The minimum Gasteiger partial charge on any atom is -0.481 e. The van der Waals surface area contributed by atoms with Gasteiger partial charge < -0.3 is 10.4 Å². The fraction of sp³-hybridized carbons (Fsp3) is 0.111. The third-order valence-corrected chi connectivity index (χ3v) is 3.72. The minimum atomic E-state index is -0.997. The number of carboxylic acids is 1. The van der Waals surface area contributed by atoms with Gasteiger partial charge in [0.2, 0.25) is 0 Å². The molecule has 122 valence electrons. The third-order valence-electron chi connectivity index (χ3n) is 3.72. The fourth-order valence-corrected chi connectivity index (χ4v) is 2.60. The molecule has 0 spiro atoms. The van der Waals surface area contributed by atoms with Crippen molar-refractivity contribution in [3.8, 4) is 0 Å². The van der Waals surface area contributed by atoms with E-state index in [0.29, 0.717) is 33.5 Å². The number of rotatable bonds is 4. The maximum atomic E-state index is 13.5. The summed E-state index contributed by atoms with van der Waals surface area (Å²) in [6, 6.07) is 10.7. The van der Waals surface area contributed by atoms with Crippen molar-refractivity contribution < 1.29 is 18.7 Å². The van der Waals surface area contributed by atoms with Crippen LogP contribution in [0.4, 0.5) is 20.2 Å². The van der Waals surface area contributed by atoms with E-state index in [4.69, 9.17) is 5.11 Å². The van der Waals surface area contributed by atoms with Crippen molar-refractivity contribution in [3.05, 3.63) is 65.4 Å². The first-order chi connectivity index (χ1) is 11.5. The van der Waals surface area contributed by atoms with Crippen LogP contribution in [0.15, 0.2) is 42.5 Å². The topological polar surface area (TPSA) is 62.2 Å². The molecule has 2 aromatic carbocycles. The molecule has 0 aliphatic carbocycles. The molecule has 0 unspecified atom stereocenters. The molecule has 3 rings (SSSR count). The molecule has 0 fully saturated rings. The van der Waals surface area contributed by atoms with Gasteiger partial charge in [-0.25, -0.2) is 8.78 Å². The molecule has 4 nitrogen and oxygen atoms in total. The molecule has 24 heavy (non-hydrogen) atoms. The second-order valence-electron chi connectivity index (χ2n) is 5.39. The van der Waals surface area contributed by atoms with Crippen LogP contribution in [0.2, 0.25) is 0 Å². The van der Waals surface area contributed by atoms with Crippen LogP contribution in [0.1, 0.15) is 11.3 Å². The van der Waals surface area contributed by atoms with Crippen molar-refractivity contribution in [1.82, 2.24) is 4.98 Å². The van der Waals surface area contributed by atoms with E-state index in [1.165, 1.54) is 6.07 Å². The highest BCUT2D eigenvalue weighted by Gasteiger charge is 2.16. The standard InChI is InChI=1S/C18H14F2N2O2/c1-10-13(9-17(23)24)18(12-4-2-3-5-16(12)21-10)22-11-6-7-14(19)15(20)8-11/h2-8H,9H2,1H3,(H,21,22)(H,23,24). The number of pyridine rings is 1. The SMILES string of the molecule is Cc1nc2ccccc2c(Nc2ccc(F)c(F)c2)c1CC(=O)O. The van der Waals surface area contributed by atoms with Crippen LogP contribution in [0.25, 0.3) is 10.9 Å². The lowest BCUT2D eigenvalue weighted by Crippen LogP contribution is -2.08. The molecular weight excluding hydrogens is 314 g/mol. The molecule has 1 aromatic heterocycles. The second-order valence-corrected chi connectivity index (χ2v) is 5.39. The number of aliphatic carboxylic acids is 1. The summed E-state index contributed by atoms with van der Waals surface area (Å²) in [6.45, 7) is 1.72. The highest BCUT2D eigenvalue weighted by molar-refractivity contribution is 5.96. The Labute approximate surface area is 136 Å². The van der Waals surface area contributed by atoms with Crippen LogP contribution in [-0.2, 0) is 11.2 Å². The van der Waals surface area contributed by atoms with E-state index < -0.39 is 17.6 Å². The van der Waals surface area contributed by atoms with Gasteiger partial charge >= 0.3 is 5.97 Å². The number of halogens is 2. The molecule has 0 saturated heterocycles. The van der Waals surface area contributed by atoms with Gasteiger partial charge in [0.25, 0.3) is 0 Å². The number of aryl methyl sites for hydroxylation is 1. The Morgan fingerprint density at radius 2 is 1.92 bits per heavy atom. The summed E-state index contributed by atoms with van der Waals surface area (Å²) in [4.78, 5) is 15.6. The van der Waals surface area contributed by atoms with Gasteiger partial charge in [-0.1, -0.05) is 18.2 Å². The predicted molar refractivity (Wildman–Crippen MR) is 87.5 cm³/mol. The predicted octanol–water partition coefficient (Wildman–Crippen LogP) is 4.19. The van der Waals surface area contributed by atoms with E-state index in [0.717, 1.165) is 12.1 Å². The Balaban J connectivity index is 2.18. The number of carbonyl (C=O) groups is 1. The zero-order valence-corrected chi connectivity index (χ0v) is 12.8. The van der Waals surface area contributed by atoms with Crippen LogP contribution in [0, 0.1) is 18.6 Å². The maximum Gasteiger partial charge on any atom is 0.307 e. The van der Waals surface area contributed by atoms with Crippen molar-refractivity contribution in [2.24, 2.45) is 0 Å². The van der Waals surface area contributed by atoms with E-state index in [-0.39, 0.29) is 6.42 Å². The van der Waals surface area contributed by atoms with Gasteiger partial charge in [-0.15, -0.1) is 0 Å². The van der Waals surface area contributed by atoms with Gasteiger partial charge in [-0.2, -0.15) is 0 Å². The smallest absolute Gasteiger partial charge is 0.307 e. The molecule has 0 radical (unpaired) electrons. The number of benzene rings is 2. The molecule has 0 atom stereocenters. The molecule has 0 bridgehead atoms. The van der Waals surface area contributed by atoms with Gasteiger partial charge in [0, 0.05) is 28.4 Å². The van der Waals surface area contributed by atoms with Gasteiger partial charge in [-0.05, 0) is 25.1 Å². The zero-order valence-electron chi connectivity index (χ0n) is 12.8. The van der Waals surface area contributed by atoms with Gasteiger partial charge in [0.05, 0.1) is 17.6 Å². The van der Waals surface area contributed by atoms with Crippen molar-refractivity contribution in [1.29, 1.82) is 0 Å². The number of fused-ring (bicyclic) bond motifs is 1. The Morgan fingerprint density at radius 3 is 2.62 bits per heavy atom. The zero-order chi connectivity index (χ0) is 17.3. The summed E-state index contributed by atoms with van der Waals surface area (Å²) < 4.78 is 26.6. The van der Waals surface area contributed by atoms with Gasteiger partial charge in [0.1, 0.15) is 0 Å².